The van der Waals surface area contributed by atoms with Gasteiger partial charge in [-0.3, -0.25) is 9.59 Å². The number of carboxylic acid groups (broad SMARTS) is 2. The van der Waals surface area contributed by atoms with Gasteiger partial charge >= 0.3 is 23.9 Å². The molecule has 0 aromatic heterocycles. The predicted octanol–water partition coefficient (Wildman–Crippen LogP) is -4.25. The van der Waals surface area contributed by atoms with Crippen LogP contribution in [0.3, 0.4) is 0 Å². The molecule has 60 heavy (non-hydrogen) atoms. The van der Waals surface area contributed by atoms with Crippen molar-refractivity contribution < 1.29 is 124 Å². The minimum absolute atomic E-state index is 0.173. The number of aliphatic hydroxyl groups excluding tert-OH is 8. The van der Waals surface area contributed by atoms with E-state index in [1.54, 1.807) is 0 Å². The van der Waals surface area contributed by atoms with Gasteiger partial charge in [0.2, 0.25) is 12.6 Å². The first-order chi connectivity index (χ1) is 28.2. The maximum absolute atomic E-state index is 12.1. The van der Waals surface area contributed by atoms with E-state index in [2.05, 4.69) is 0 Å². The van der Waals surface area contributed by atoms with Gasteiger partial charge in [-0.2, -0.15) is 0 Å². The molecule has 3 aliphatic rings. The second-order valence-corrected chi connectivity index (χ2v) is 13.6. The number of aliphatic hydroxyl groups is 8. The summed E-state index contributed by atoms with van der Waals surface area (Å²) in [4.78, 5) is 45.9. The number of aromatic hydroxyl groups is 4. The minimum Gasteiger partial charge on any atom is -0.508 e. The molecule has 13 atom stereocenters. The second-order valence-electron chi connectivity index (χ2n) is 13.6. The van der Waals surface area contributed by atoms with Gasteiger partial charge in [-0.1, -0.05) is 0 Å². The van der Waals surface area contributed by atoms with Crippen LogP contribution in [-0.2, 0) is 42.9 Å². The summed E-state index contributed by atoms with van der Waals surface area (Å²) in [7, 11) is 0. The Hall–Kier alpha value is -5.74. The van der Waals surface area contributed by atoms with E-state index in [9.17, 15) is 80.5 Å². The Morgan fingerprint density at radius 3 is 1.77 bits per heavy atom. The van der Waals surface area contributed by atoms with Crippen LogP contribution in [0.15, 0.2) is 30.0 Å². The molecule has 0 spiro atoms. The lowest BCUT2D eigenvalue weighted by atomic mass is 9.98. The van der Waals surface area contributed by atoms with Gasteiger partial charge in [0.1, 0.15) is 85.1 Å². The Kier molecular flexibility index (Phi) is 14.1. The van der Waals surface area contributed by atoms with E-state index in [4.69, 9.17) is 43.4 Å². The first-order valence-electron chi connectivity index (χ1n) is 17.5. The molecule has 25 heteroatoms. The highest BCUT2D eigenvalue weighted by Crippen LogP contribution is 2.48. The van der Waals surface area contributed by atoms with Crippen LogP contribution in [0, 0.1) is 0 Å². The van der Waals surface area contributed by atoms with E-state index in [0.717, 1.165) is 30.3 Å². The predicted molar refractivity (Wildman–Crippen MR) is 184 cm³/mol. The number of hydrogen-bond donors (Lipinski definition) is 14. The number of hydrogen-bond acceptors (Lipinski definition) is 23. The Morgan fingerprint density at radius 2 is 1.22 bits per heavy atom. The summed E-state index contributed by atoms with van der Waals surface area (Å²) < 4.78 is 38.5. The van der Waals surface area contributed by atoms with Crippen LogP contribution in [0.2, 0.25) is 0 Å². The van der Waals surface area contributed by atoms with Crippen LogP contribution in [0.5, 0.6) is 34.5 Å². The van der Waals surface area contributed by atoms with E-state index in [1.165, 1.54) is 0 Å². The standard InChI is InChI=1S/C35H40O25/c36-11-3-17-12(18(4-11)57-34-29(49)28(48)26(46)21(60-34)9-55-33(53)16(40)6-22(41)42)5-19(31(56-17)10-1-13(37)24(44)14(38)2-10)58-35-30(50)27(47)25(45)20(59-35)8-54-23(43)7-15(39)32(51)52/h1-5,15-16,20-21,25-31,34-40,44-50H,6-9H2,(H,41,42)(H,51,52). The fraction of sp³-hybridized carbons (Fsp3) is 0.486. The summed E-state index contributed by atoms with van der Waals surface area (Å²) in [6, 6.07) is 3.80. The molecule has 2 aromatic carbocycles. The van der Waals surface area contributed by atoms with Crippen molar-refractivity contribution in [2.75, 3.05) is 13.2 Å². The highest BCUT2D eigenvalue weighted by Gasteiger charge is 2.48. The molecule has 0 bridgehead atoms. The topological polar surface area (TPSA) is 416 Å². The van der Waals surface area contributed by atoms with Crippen molar-refractivity contribution in [2.24, 2.45) is 0 Å². The monoisotopic (exact) mass is 860 g/mol. The lowest BCUT2D eigenvalue weighted by Gasteiger charge is -2.41. The summed E-state index contributed by atoms with van der Waals surface area (Å²) in [6.07, 6.45) is -26.2. The van der Waals surface area contributed by atoms with Gasteiger partial charge in [-0.05, 0) is 18.2 Å². The first kappa shape index (κ1) is 45.3. The van der Waals surface area contributed by atoms with Crippen LogP contribution in [0.25, 0.3) is 6.08 Å². The summed E-state index contributed by atoms with van der Waals surface area (Å²) in [5.41, 5.74) is -0.358. The van der Waals surface area contributed by atoms with Gasteiger partial charge in [0.15, 0.2) is 35.6 Å². The van der Waals surface area contributed by atoms with Crippen molar-refractivity contribution in [3.8, 4) is 34.5 Å². The molecule has 0 aliphatic carbocycles. The summed E-state index contributed by atoms with van der Waals surface area (Å²) in [5.74, 6) is -10.3. The third kappa shape index (κ3) is 10.2. The van der Waals surface area contributed by atoms with Gasteiger partial charge in [-0.15, -0.1) is 0 Å². The molecule has 0 amide bonds. The maximum Gasteiger partial charge on any atom is 0.335 e. The first-order valence-corrected chi connectivity index (χ1v) is 17.5. The number of fused-ring (bicyclic) bond motifs is 1. The Balaban J connectivity index is 1.46. The summed E-state index contributed by atoms with van der Waals surface area (Å²) >= 11 is 0. The fourth-order valence-electron chi connectivity index (χ4n) is 5.98. The maximum atomic E-state index is 12.1. The quantitative estimate of drug-likeness (QED) is 0.0595. The molecule has 2 saturated heterocycles. The molecule has 25 nitrogen and oxygen atoms in total. The summed E-state index contributed by atoms with van der Waals surface area (Å²) in [6.45, 7) is -1.77. The zero-order valence-electron chi connectivity index (χ0n) is 30.5. The highest BCUT2D eigenvalue weighted by molar-refractivity contribution is 5.81. The number of aliphatic carboxylic acids is 2. The molecule has 13 unspecified atom stereocenters. The molecule has 5 rings (SSSR count). The molecule has 330 valence electrons. The molecular weight excluding hydrogens is 820 g/mol. The van der Waals surface area contributed by atoms with E-state index in [-0.39, 0.29) is 16.9 Å². The molecule has 2 fully saturated rings. The third-order valence-corrected chi connectivity index (χ3v) is 9.19. The third-order valence-electron chi connectivity index (χ3n) is 9.19. The fourth-order valence-corrected chi connectivity index (χ4v) is 5.98. The van der Waals surface area contributed by atoms with Crippen molar-refractivity contribution in [1.29, 1.82) is 0 Å². The number of carbonyl (C=O) groups excluding carboxylic acids is 2. The minimum atomic E-state index is -2.13. The highest BCUT2D eigenvalue weighted by atomic mass is 16.7. The number of ether oxygens (including phenoxy) is 7. The van der Waals surface area contributed by atoms with E-state index < -0.39 is 164 Å². The van der Waals surface area contributed by atoms with Crippen molar-refractivity contribution >= 4 is 30.0 Å². The Bertz CT molecular complexity index is 1930. The number of esters is 2. The van der Waals surface area contributed by atoms with E-state index in [0.29, 0.717) is 0 Å². The van der Waals surface area contributed by atoms with Gasteiger partial charge in [0, 0.05) is 17.7 Å². The van der Waals surface area contributed by atoms with Gasteiger partial charge in [0.25, 0.3) is 0 Å². The van der Waals surface area contributed by atoms with E-state index >= 15 is 0 Å². The van der Waals surface area contributed by atoms with Crippen molar-refractivity contribution in [3.05, 3.63) is 41.2 Å². The number of phenols is 4. The van der Waals surface area contributed by atoms with Crippen molar-refractivity contribution in [1.82, 2.24) is 0 Å². The zero-order chi connectivity index (χ0) is 44.3. The average molecular weight is 861 g/mol. The van der Waals surface area contributed by atoms with Crippen LogP contribution >= 0.6 is 0 Å². The average Bonchev–Trinajstić information content (AvgIpc) is 3.18. The molecule has 0 radical (unpaired) electrons. The lowest BCUT2D eigenvalue weighted by Crippen LogP contribution is -2.60. The SMILES string of the molecule is O=C(O)CC(O)C(=O)OCC1OC(Oc2cc(O)cc3c2C=C(OC2OC(COC(=O)CC(O)C(=O)O)C(O)C(O)C2O)C(c2cc(O)c(O)c(O)c2)O3)C(O)C(O)C1O. The molecular formula is C35H40O25. The van der Waals surface area contributed by atoms with Crippen LogP contribution < -0.4 is 9.47 Å². The van der Waals surface area contributed by atoms with Crippen molar-refractivity contribution in [3.63, 3.8) is 0 Å². The van der Waals surface area contributed by atoms with Gasteiger partial charge < -0.3 is 105 Å². The van der Waals surface area contributed by atoms with Crippen molar-refractivity contribution in [2.45, 2.75) is 92.6 Å². The molecule has 14 N–H and O–H groups in total. The van der Waals surface area contributed by atoms with Gasteiger partial charge in [0.05, 0.1) is 18.4 Å². The largest absolute Gasteiger partial charge is 0.508 e. The van der Waals surface area contributed by atoms with E-state index in [1.807, 2.05) is 0 Å². The smallest absolute Gasteiger partial charge is 0.335 e. The number of benzene rings is 2. The molecule has 3 heterocycles. The zero-order valence-corrected chi connectivity index (χ0v) is 30.5. The van der Waals surface area contributed by atoms with Crippen LogP contribution in [-0.4, -0.2) is 182 Å². The number of rotatable bonds is 15. The van der Waals surface area contributed by atoms with Crippen LogP contribution in [0.4, 0.5) is 0 Å². The summed E-state index contributed by atoms with van der Waals surface area (Å²) in [5, 5.41) is 142. The Labute approximate surface area is 335 Å². The molecule has 2 aromatic rings. The molecule has 0 saturated carbocycles. The Morgan fingerprint density at radius 1 is 0.667 bits per heavy atom. The number of carbonyl (C=O) groups is 4. The van der Waals surface area contributed by atoms with Gasteiger partial charge in [-0.25, -0.2) is 9.59 Å². The lowest BCUT2D eigenvalue weighted by molar-refractivity contribution is -0.294. The number of carboxylic acids is 2. The van der Waals surface area contributed by atoms with Crippen LogP contribution in [0.1, 0.15) is 30.1 Å². The second kappa shape index (κ2) is 18.7. The molecule has 3 aliphatic heterocycles. The number of phenolic OH excluding ortho intramolecular Hbond substituents is 4. The normalized spacial score (nSPS) is 29.7.